The fourth-order valence-electron chi connectivity index (χ4n) is 3.67. The molecule has 0 aliphatic carbocycles. The van der Waals surface area contributed by atoms with Crippen molar-refractivity contribution in [2.75, 3.05) is 12.4 Å². The van der Waals surface area contributed by atoms with Crippen LogP contribution in [0.3, 0.4) is 0 Å². The molecule has 0 aliphatic rings. The van der Waals surface area contributed by atoms with Crippen LogP contribution in [0.1, 0.15) is 24.2 Å². The molecular weight excluding hydrogens is 443 g/mol. The largest absolute Gasteiger partial charge is 0.496 e. The molecule has 0 aliphatic heterocycles. The molecule has 0 amide bonds. The van der Waals surface area contributed by atoms with Gasteiger partial charge in [-0.2, -0.15) is 13.2 Å². The van der Waals surface area contributed by atoms with E-state index in [9.17, 15) is 18.0 Å². The van der Waals surface area contributed by atoms with E-state index < -0.39 is 17.3 Å². The molecule has 0 bridgehead atoms. The summed E-state index contributed by atoms with van der Waals surface area (Å²) in [5.74, 6) is 0.370. The van der Waals surface area contributed by atoms with Crippen molar-refractivity contribution >= 4 is 28.2 Å². The number of hydrogen-bond acceptors (Lipinski definition) is 3. The number of alkyl halides is 3. The quantitative estimate of drug-likeness (QED) is 0.323. The van der Waals surface area contributed by atoms with Gasteiger partial charge in [-0.1, -0.05) is 11.6 Å². The molecule has 0 fully saturated rings. The van der Waals surface area contributed by atoms with Gasteiger partial charge in [-0.15, -0.1) is 0 Å². The van der Waals surface area contributed by atoms with Gasteiger partial charge in [0.1, 0.15) is 11.4 Å². The Morgan fingerprint density at radius 3 is 2.56 bits per heavy atom. The second kappa shape index (κ2) is 8.27. The number of benzene rings is 2. The van der Waals surface area contributed by atoms with Crippen LogP contribution in [-0.4, -0.2) is 17.1 Å². The molecular formula is C23H19ClF3N3O2. The summed E-state index contributed by atoms with van der Waals surface area (Å²) in [6, 6.07) is 11.3. The predicted octanol–water partition coefficient (Wildman–Crippen LogP) is 6.38. The van der Waals surface area contributed by atoms with Gasteiger partial charge in [0.05, 0.1) is 18.7 Å². The molecule has 2 aromatic carbocycles. The van der Waals surface area contributed by atoms with Crippen LogP contribution in [0.4, 0.5) is 18.9 Å². The van der Waals surface area contributed by atoms with Crippen molar-refractivity contribution in [2.24, 2.45) is 0 Å². The highest BCUT2D eigenvalue weighted by Crippen LogP contribution is 2.42. The van der Waals surface area contributed by atoms with Gasteiger partial charge in [0.2, 0.25) is 0 Å². The van der Waals surface area contributed by atoms with Crippen LogP contribution >= 0.6 is 11.6 Å². The minimum absolute atomic E-state index is 0.111. The Labute approximate surface area is 186 Å². The molecule has 1 unspecified atom stereocenters. The lowest BCUT2D eigenvalue weighted by molar-refractivity contribution is -0.137. The van der Waals surface area contributed by atoms with Gasteiger partial charge in [-0.25, -0.2) is 0 Å². The zero-order valence-corrected chi connectivity index (χ0v) is 17.9. The smallest absolute Gasteiger partial charge is 0.416 e. The Balaban J connectivity index is 2.06. The van der Waals surface area contributed by atoms with Crippen molar-refractivity contribution < 1.29 is 17.9 Å². The number of hydrogen-bond donors (Lipinski definition) is 3. The van der Waals surface area contributed by atoms with Gasteiger partial charge in [0.15, 0.2) is 0 Å². The summed E-state index contributed by atoms with van der Waals surface area (Å²) in [5, 5.41) is 3.71. The summed E-state index contributed by atoms with van der Waals surface area (Å²) in [6.45, 7) is 1.83. The number of nitrogens with one attached hydrogen (secondary N) is 3. The Morgan fingerprint density at radius 1 is 1.12 bits per heavy atom. The first kappa shape index (κ1) is 21.8. The Morgan fingerprint density at radius 2 is 1.91 bits per heavy atom. The predicted molar refractivity (Wildman–Crippen MR) is 119 cm³/mol. The molecule has 0 saturated carbocycles. The number of aromatic nitrogens is 2. The second-order valence-corrected chi connectivity index (χ2v) is 7.73. The molecule has 4 aromatic rings. The number of aromatic amines is 2. The highest BCUT2D eigenvalue weighted by Gasteiger charge is 2.31. The Bertz CT molecular complexity index is 1330. The molecule has 9 heteroatoms. The molecule has 3 N–H and O–H groups in total. The second-order valence-electron chi connectivity index (χ2n) is 7.30. The summed E-state index contributed by atoms with van der Waals surface area (Å²) < 4.78 is 45.9. The van der Waals surface area contributed by atoms with Crippen LogP contribution in [0.25, 0.3) is 22.0 Å². The first-order chi connectivity index (χ1) is 15.2. The van der Waals surface area contributed by atoms with Crippen LogP contribution in [0.15, 0.2) is 59.5 Å². The molecule has 5 nitrogen and oxygen atoms in total. The van der Waals surface area contributed by atoms with E-state index in [4.69, 9.17) is 16.3 Å². The van der Waals surface area contributed by atoms with Gasteiger partial charge in [0.25, 0.3) is 5.56 Å². The van der Waals surface area contributed by atoms with E-state index in [0.29, 0.717) is 16.3 Å². The average Bonchev–Trinajstić information content (AvgIpc) is 3.28. The lowest BCUT2D eigenvalue weighted by Crippen LogP contribution is -2.19. The first-order valence-corrected chi connectivity index (χ1v) is 10.1. The summed E-state index contributed by atoms with van der Waals surface area (Å²) in [5.41, 5.74) is 0.537. The maximum atomic E-state index is 13.5. The van der Waals surface area contributed by atoms with E-state index in [0.717, 1.165) is 17.8 Å². The lowest BCUT2D eigenvalue weighted by atomic mass is 9.96. The third kappa shape index (κ3) is 4.05. The van der Waals surface area contributed by atoms with E-state index in [1.165, 1.54) is 13.2 Å². The van der Waals surface area contributed by atoms with Crippen molar-refractivity contribution in [3.63, 3.8) is 0 Å². The highest BCUT2D eigenvalue weighted by atomic mass is 35.5. The Kier molecular flexibility index (Phi) is 5.64. The van der Waals surface area contributed by atoms with Crippen molar-refractivity contribution in [1.29, 1.82) is 0 Å². The summed E-state index contributed by atoms with van der Waals surface area (Å²) in [6.07, 6.45) is -2.81. The topological polar surface area (TPSA) is 69.9 Å². The summed E-state index contributed by atoms with van der Waals surface area (Å²) in [7, 11) is 1.44. The van der Waals surface area contributed by atoms with Crippen molar-refractivity contribution in [3.8, 4) is 16.9 Å². The molecule has 1 atom stereocenters. The number of halogens is 4. The van der Waals surface area contributed by atoms with Crippen LogP contribution in [-0.2, 0) is 6.18 Å². The van der Waals surface area contributed by atoms with Crippen LogP contribution < -0.4 is 15.6 Å². The highest BCUT2D eigenvalue weighted by molar-refractivity contribution is 6.31. The molecule has 2 aromatic heterocycles. The molecule has 0 saturated heterocycles. The van der Waals surface area contributed by atoms with Gasteiger partial charge in [0, 0.05) is 38.9 Å². The van der Waals surface area contributed by atoms with Gasteiger partial charge >= 0.3 is 6.18 Å². The average molecular weight is 462 g/mol. The lowest BCUT2D eigenvalue weighted by Gasteiger charge is -2.20. The number of pyridine rings is 1. The van der Waals surface area contributed by atoms with Crippen LogP contribution in [0, 0.1) is 0 Å². The van der Waals surface area contributed by atoms with E-state index in [1.54, 1.807) is 24.4 Å². The zero-order chi connectivity index (χ0) is 23.0. The van der Waals surface area contributed by atoms with Crippen molar-refractivity contribution in [2.45, 2.75) is 19.1 Å². The minimum Gasteiger partial charge on any atom is -0.496 e. The van der Waals surface area contributed by atoms with Crippen LogP contribution in [0.2, 0.25) is 5.02 Å². The fraction of sp³-hybridized carbons (Fsp3) is 0.174. The number of ether oxygens (including phenoxy) is 1. The van der Waals surface area contributed by atoms with Gasteiger partial charge < -0.3 is 20.0 Å². The molecule has 4 rings (SSSR count). The third-order valence-electron chi connectivity index (χ3n) is 5.22. The standard InChI is InChI=1S/C23H19ClF3N3O2/c1-12(17-4-3-9-28-17)29-21-20(16-11-14(24)6-8-19(16)32-2)15-10-13(23(25,26)27)5-7-18(15)30-22(21)31/h3-12,28-29H,1-2H3,(H,30,31). The SMILES string of the molecule is COc1ccc(Cl)cc1-c1c(NC(C)c2ccc[nH]2)c(=O)[nH]c2ccc(C(F)(F)F)cc12. The van der Waals surface area contributed by atoms with E-state index >= 15 is 0 Å². The molecule has 166 valence electrons. The Hall–Kier alpha value is -3.39. The summed E-state index contributed by atoms with van der Waals surface area (Å²) >= 11 is 6.21. The third-order valence-corrected chi connectivity index (χ3v) is 5.46. The first-order valence-electron chi connectivity index (χ1n) is 9.70. The van der Waals surface area contributed by atoms with E-state index in [-0.39, 0.29) is 28.2 Å². The minimum atomic E-state index is -4.55. The van der Waals surface area contributed by atoms with Crippen molar-refractivity contribution in [1.82, 2.24) is 9.97 Å². The number of methoxy groups -OCH3 is 1. The zero-order valence-electron chi connectivity index (χ0n) is 17.1. The molecule has 32 heavy (non-hydrogen) atoms. The summed E-state index contributed by atoms with van der Waals surface area (Å²) in [4.78, 5) is 18.8. The molecule has 0 radical (unpaired) electrons. The fourth-order valence-corrected chi connectivity index (χ4v) is 3.84. The van der Waals surface area contributed by atoms with E-state index in [2.05, 4.69) is 15.3 Å². The normalized spacial score (nSPS) is 12.7. The van der Waals surface area contributed by atoms with Gasteiger partial charge in [-0.05, 0) is 55.5 Å². The molecule has 2 heterocycles. The molecule has 0 spiro atoms. The van der Waals surface area contributed by atoms with Crippen molar-refractivity contribution in [3.05, 3.63) is 81.4 Å². The van der Waals surface area contributed by atoms with E-state index in [1.807, 2.05) is 19.1 Å². The van der Waals surface area contributed by atoms with Crippen LogP contribution in [0.5, 0.6) is 5.75 Å². The number of rotatable bonds is 5. The monoisotopic (exact) mass is 461 g/mol. The number of fused-ring (bicyclic) bond motifs is 1. The maximum absolute atomic E-state index is 13.5. The number of H-pyrrole nitrogens is 2. The number of anilines is 1. The van der Waals surface area contributed by atoms with Gasteiger partial charge in [-0.3, -0.25) is 4.79 Å². The maximum Gasteiger partial charge on any atom is 0.416 e.